The number of amides is 1. The van der Waals surface area contributed by atoms with Crippen LogP contribution in [-0.4, -0.2) is 32.9 Å². The van der Waals surface area contributed by atoms with Gasteiger partial charge in [-0.2, -0.15) is 0 Å². The number of carbonyl (C=O) groups is 1. The van der Waals surface area contributed by atoms with Crippen LogP contribution in [0.2, 0.25) is 0 Å². The number of aromatic amines is 1. The third-order valence-electron chi connectivity index (χ3n) is 3.13. The highest BCUT2D eigenvalue weighted by Crippen LogP contribution is 2.25. The van der Waals surface area contributed by atoms with E-state index in [0.29, 0.717) is 17.7 Å². The lowest BCUT2D eigenvalue weighted by Gasteiger charge is -2.09. The van der Waals surface area contributed by atoms with Gasteiger partial charge in [0.1, 0.15) is 5.69 Å². The first-order valence-electron chi connectivity index (χ1n) is 7.16. The third kappa shape index (κ3) is 4.23. The zero-order valence-electron chi connectivity index (χ0n) is 12.5. The van der Waals surface area contributed by atoms with Gasteiger partial charge in [-0.05, 0) is 36.9 Å². The number of aromatic nitrogens is 3. The fraction of sp³-hybridized carbons (Fsp3) is 0.267. The van der Waals surface area contributed by atoms with Gasteiger partial charge in [-0.15, -0.1) is 21.5 Å². The Morgan fingerprint density at radius 2 is 2.35 bits per heavy atom. The molecule has 3 aromatic heterocycles. The van der Waals surface area contributed by atoms with Gasteiger partial charge in [0, 0.05) is 17.6 Å². The van der Waals surface area contributed by atoms with Crippen molar-refractivity contribution in [3.05, 3.63) is 40.7 Å². The molecular weight excluding hydrogens is 332 g/mol. The molecule has 3 rings (SSSR count). The highest BCUT2D eigenvalue weighted by atomic mass is 32.2. The van der Waals surface area contributed by atoms with Crippen LogP contribution in [0.3, 0.4) is 0 Å². The van der Waals surface area contributed by atoms with E-state index in [0.717, 1.165) is 12.1 Å². The van der Waals surface area contributed by atoms with Gasteiger partial charge < -0.3 is 14.7 Å². The Kier molecular flexibility index (Phi) is 5.14. The van der Waals surface area contributed by atoms with E-state index in [1.807, 2.05) is 30.5 Å². The lowest BCUT2D eigenvalue weighted by atomic mass is 10.3. The Bertz CT molecular complexity index is 737. The van der Waals surface area contributed by atoms with Crippen molar-refractivity contribution in [3.8, 4) is 11.6 Å². The average Bonchev–Trinajstić information content (AvgIpc) is 3.29. The Labute approximate surface area is 141 Å². The number of rotatable bonds is 7. The van der Waals surface area contributed by atoms with Gasteiger partial charge >= 0.3 is 0 Å². The van der Waals surface area contributed by atoms with Crippen LogP contribution in [0.25, 0.3) is 11.6 Å². The molecule has 0 radical (unpaired) electrons. The number of H-pyrrole nitrogens is 1. The lowest BCUT2D eigenvalue weighted by molar-refractivity contribution is -0.120. The normalized spacial score (nSPS) is 12.2. The van der Waals surface area contributed by atoms with E-state index in [1.165, 1.54) is 16.6 Å². The summed E-state index contributed by atoms with van der Waals surface area (Å²) in [5.74, 6) is 0.383. The summed E-state index contributed by atoms with van der Waals surface area (Å²) in [5.41, 5.74) is 0.761. The van der Waals surface area contributed by atoms with E-state index in [4.69, 9.17) is 4.42 Å². The Hall–Kier alpha value is -2.06. The summed E-state index contributed by atoms with van der Waals surface area (Å²) in [5, 5.41) is 13.0. The predicted octanol–water partition coefficient (Wildman–Crippen LogP) is 2.97. The zero-order chi connectivity index (χ0) is 16.1. The largest absolute Gasteiger partial charge is 0.410 e. The molecule has 3 heterocycles. The van der Waals surface area contributed by atoms with E-state index in [2.05, 4.69) is 26.6 Å². The van der Waals surface area contributed by atoms with Crippen molar-refractivity contribution in [2.24, 2.45) is 0 Å². The quantitative estimate of drug-likeness (QED) is 0.641. The number of thioether (sulfide) groups is 1. The summed E-state index contributed by atoms with van der Waals surface area (Å²) in [6.45, 7) is 2.45. The lowest BCUT2D eigenvalue weighted by Crippen LogP contribution is -2.32. The summed E-state index contributed by atoms with van der Waals surface area (Å²) < 4.78 is 5.54. The second-order valence-electron chi connectivity index (χ2n) is 4.84. The summed E-state index contributed by atoms with van der Waals surface area (Å²) >= 11 is 2.95. The van der Waals surface area contributed by atoms with Gasteiger partial charge in [-0.1, -0.05) is 17.8 Å². The molecule has 3 aromatic rings. The first-order chi connectivity index (χ1) is 11.2. The molecule has 0 aliphatic rings. The smallest absolute Gasteiger partial charge is 0.277 e. The van der Waals surface area contributed by atoms with Crippen molar-refractivity contribution in [2.45, 2.75) is 23.8 Å². The highest BCUT2D eigenvalue weighted by molar-refractivity contribution is 8.00. The molecule has 8 heteroatoms. The van der Waals surface area contributed by atoms with E-state index in [9.17, 15) is 4.79 Å². The molecule has 1 unspecified atom stereocenters. The molecule has 2 N–H and O–H groups in total. The molecule has 0 aliphatic carbocycles. The third-order valence-corrected chi connectivity index (χ3v) is 5.00. The zero-order valence-corrected chi connectivity index (χ0v) is 14.1. The van der Waals surface area contributed by atoms with Crippen LogP contribution in [-0.2, 0) is 11.2 Å². The molecular formula is C15H16N4O2S2. The minimum atomic E-state index is -0.296. The average molecular weight is 348 g/mol. The molecule has 120 valence electrons. The molecule has 23 heavy (non-hydrogen) atoms. The van der Waals surface area contributed by atoms with Crippen LogP contribution in [0.15, 0.2) is 45.5 Å². The molecule has 1 amide bonds. The van der Waals surface area contributed by atoms with Crippen LogP contribution in [0.1, 0.15) is 11.8 Å². The van der Waals surface area contributed by atoms with Crippen LogP contribution < -0.4 is 5.32 Å². The van der Waals surface area contributed by atoms with Crippen molar-refractivity contribution >= 4 is 29.0 Å². The standard InChI is InChI=1S/C15H16N4O2S2/c1-10(13(20)17-8-6-11-4-3-9-22-11)23-15-19-18-14(21-15)12-5-2-7-16-12/h2-5,7,9-10,16H,6,8H2,1H3,(H,17,20). The van der Waals surface area contributed by atoms with Gasteiger partial charge in [0.05, 0.1) is 5.25 Å². The number of hydrogen-bond acceptors (Lipinski definition) is 6. The van der Waals surface area contributed by atoms with Crippen LogP contribution in [0, 0.1) is 0 Å². The second-order valence-corrected chi connectivity index (χ2v) is 7.16. The number of thiophene rings is 1. The van der Waals surface area contributed by atoms with Gasteiger partial charge in [0.25, 0.3) is 11.1 Å². The molecule has 0 fully saturated rings. The maximum atomic E-state index is 12.1. The fourth-order valence-corrected chi connectivity index (χ4v) is 3.36. The summed E-state index contributed by atoms with van der Waals surface area (Å²) in [7, 11) is 0. The van der Waals surface area contributed by atoms with Crippen molar-refractivity contribution < 1.29 is 9.21 Å². The molecule has 1 atom stereocenters. The maximum absolute atomic E-state index is 12.1. The van der Waals surface area contributed by atoms with Crippen LogP contribution in [0.4, 0.5) is 0 Å². The molecule has 0 aromatic carbocycles. The monoisotopic (exact) mass is 348 g/mol. The first-order valence-corrected chi connectivity index (χ1v) is 8.92. The van der Waals surface area contributed by atoms with E-state index in [-0.39, 0.29) is 11.2 Å². The van der Waals surface area contributed by atoms with Gasteiger partial charge in [0.15, 0.2) is 0 Å². The Morgan fingerprint density at radius 1 is 1.43 bits per heavy atom. The predicted molar refractivity (Wildman–Crippen MR) is 90.4 cm³/mol. The van der Waals surface area contributed by atoms with Crippen molar-refractivity contribution in [1.29, 1.82) is 0 Å². The first kappa shape index (κ1) is 15.8. The molecule has 0 saturated heterocycles. The molecule has 0 spiro atoms. The second kappa shape index (κ2) is 7.47. The summed E-state index contributed by atoms with van der Waals surface area (Å²) in [6, 6.07) is 7.78. The van der Waals surface area contributed by atoms with Crippen molar-refractivity contribution in [3.63, 3.8) is 0 Å². The van der Waals surface area contributed by atoms with E-state index < -0.39 is 0 Å². The number of nitrogens with zero attached hydrogens (tertiary/aromatic N) is 2. The van der Waals surface area contributed by atoms with Crippen molar-refractivity contribution in [2.75, 3.05) is 6.54 Å². The van der Waals surface area contributed by atoms with Gasteiger partial charge in [-0.25, -0.2) is 0 Å². The number of hydrogen-bond donors (Lipinski definition) is 2. The van der Waals surface area contributed by atoms with E-state index >= 15 is 0 Å². The molecule has 0 bridgehead atoms. The van der Waals surface area contributed by atoms with Crippen LogP contribution >= 0.6 is 23.1 Å². The number of nitrogens with one attached hydrogen (secondary N) is 2. The van der Waals surface area contributed by atoms with E-state index in [1.54, 1.807) is 17.5 Å². The van der Waals surface area contributed by atoms with Crippen molar-refractivity contribution in [1.82, 2.24) is 20.5 Å². The van der Waals surface area contributed by atoms with Gasteiger partial charge in [-0.3, -0.25) is 4.79 Å². The molecule has 6 nitrogen and oxygen atoms in total. The highest BCUT2D eigenvalue weighted by Gasteiger charge is 2.18. The SMILES string of the molecule is CC(Sc1nnc(-c2ccc[nH]2)o1)C(=O)NCCc1cccs1. The minimum absolute atomic E-state index is 0.0359. The Balaban J connectivity index is 1.48. The van der Waals surface area contributed by atoms with Gasteiger partial charge in [0.2, 0.25) is 5.91 Å². The topological polar surface area (TPSA) is 83.8 Å². The maximum Gasteiger partial charge on any atom is 0.277 e. The summed E-state index contributed by atoms with van der Waals surface area (Å²) in [4.78, 5) is 16.3. The molecule has 0 aliphatic heterocycles. The number of carbonyl (C=O) groups excluding carboxylic acids is 1. The summed E-state index contributed by atoms with van der Waals surface area (Å²) in [6.07, 6.45) is 2.63. The fourth-order valence-electron chi connectivity index (χ4n) is 1.94. The molecule has 0 saturated carbocycles. The van der Waals surface area contributed by atoms with Crippen LogP contribution in [0.5, 0.6) is 0 Å². The minimum Gasteiger partial charge on any atom is -0.410 e. The Morgan fingerprint density at radius 3 is 3.09 bits per heavy atom.